The first-order valence-electron chi connectivity index (χ1n) is 8.46. The predicted molar refractivity (Wildman–Crippen MR) is 95.8 cm³/mol. The van der Waals surface area contributed by atoms with Gasteiger partial charge in [-0.1, -0.05) is 37.3 Å². The van der Waals surface area contributed by atoms with Crippen LogP contribution in [-0.2, 0) is 16.1 Å². The van der Waals surface area contributed by atoms with E-state index >= 15 is 0 Å². The van der Waals surface area contributed by atoms with E-state index in [1.807, 2.05) is 30.3 Å². The van der Waals surface area contributed by atoms with Crippen molar-refractivity contribution >= 4 is 24.2 Å². The van der Waals surface area contributed by atoms with Crippen LogP contribution in [0.25, 0.3) is 0 Å². The fraction of sp³-hybridized carbons (Fsp3) is 0.556. The largest absolute Gasteiger partial charge is 0.353 e. The maximum Gasteiger partial charge on any atom is 0.225 e. The fourth-order valence-electron chi connectivity index (χ4n) is 3.43. The number of carbonyl (C=O) groups excluding carboxylic acids is 2. The third-order valence-corrected chi connectivity index (χ3v) is 4.91. The zero-order chi connectivity index (χ0) is 16.2. The van der Waals surface area contributed by atoms with Crippen molar-refractivity contribution in [2.45, 2.75) is 32.4 Å². The van der Waals surface area contributed by atoms with Crippen molar-refractivity contribution in [1.29, 1.82) is 0 Å². The van der Waals surface area contributed by atoms with Gasteiger partial charge < -0.3 is 15.5 Å². The molecule has 5 nitrogen and oxygen atoms in total. The predicted octanol–water partition coefficient (Wildman–Crippen LogP) is 1.57. The summed E-state index contributed by atoms with van der Waals surface area (Å²) in [5, 5.41) is 6.49. The van der Waals surface area contributed by atoms with Crippen LogP contribution in [0.1, 0.15) is 25.3 Å². The molecular formula is C18H26ClN3O2. The quantitative estimate of drug-likeness (QED) is 0.865. The molecule has 1 aromatic rings. The van der Waals surface area contributed by atoms with Gasteiger partial charge in [-0.15, -0.1) is 12.4 Å². The molecule has 24 heavy (non-hydrogen) atoms. The minimum Gasteiger partial charge on any atom is -0.353 e. The third kappa shape index (κ3) is 4.48. The maximum atomic E-state index is 12.5. The Kier molecular flexibility index (Phi) is 6.63. The molecule has 2 fully saturated rings. The Hall–Kier alpha value is -1.59. The lowest BCUT2D eigenvalue weighted by molar-refractivity contribution is -0.129. The summed E-state index contributed by atoms with van der Waals surface area (Å²) >= 11 is 0. The van der Waals surface area contributed by atoms with E-state index in [4.69, 9.17) is 0 Å². The highest BCUT2D eigenvalue weighted by atomic mass is 35.5. The first kappa shape index (κ1) is 18.7. The number of hydrogen-bond donors (Lipinski definition) is 2. The number of amides is 2. The SMILES string of the molecule is CC1CNCCC1NC(=O)C1CC(=O)N(Cc2ccccc2)C1.Cl. The van der Waals surface area contributed by atoms with Gasteiger partial charge in [0, 0.05) is 25.6 Å². The highest BCUT2D eigenvalue weighted by Gasteiger charge is 2.35. The molecule has 0 aromatic heterocycles. The van der Waals surface area contributed by atoms with Crippen molar-refractivity contribution in [3.05, 3.63) is 35.9 Å². The van der Waals surface area contributed by atoms with E-state index in [9.17, 15) is 9.59 Å². The van der Waals surface area contributed by atoms with E-state index in [0.717, 1.165) is 25.1 Å². The van der Waals surface area contributed by atoms with Crippen molar-refractivity contribution in [2.75, 3.05) is 19.6 Å². The lowest BCUT2D eigenvalue weighted by atomic mass is 9.94. The Morgan fingerprint density at radius 1 is 1.33 bits per heavy atom. The van der Waals surface area contributed by atoms with Gasteiger partial charge in [0.05, 0.1) is 5.92 Å². The standard InChI is InChI=1S/C18H25N3O2.ClH/c1-13-10-19-8-7-16(13)20-18(23)15-9-17(22)21(12-15)11-14-5-3-2-4-6-14;/h2-6,13,15-16,19H,7-12H2,1H3,(H,20,23);1H. The number of hydrogen-bond acceptors (Lipinski definition) is 3. The molecule has 1 aromatic carbocycles. The Morgan fingerprint density at radius 2 is 2.08 bits per heavy atom. The molecule has 0 spiro atoms. The van der Waals surface area contributed by atoms with Gasteiger partial charge in [0.15, 0.2) is 0 Å². The number of carbonyl (C=O) groups is 2. The number of nitrogens with one attached hydrogen (secondary N) is 2. The van der Waals surface area contributed by atoms with Gasteiger partial charge in [0.2, 0.25) is 11.8 Å². The minimum absolute atomic E-state index is 0. The Labute approximate surface area is 149 Å². The fourth-order valence-corrected chi connectivity index (χ4v) is 3.43. The molecule has 2 N–H and O–H groups in total. The number of rotatable bonds is 4. The second-order valence-electron chi connectivity index (χ2n) is 6.75. The summed E-state index contributed by atoms with van der Waals surface area (Å²) in [5.41, 5.74) is 1.11. The number of halogens is 1. The molecule has 6 heteroatoms. The zero-order valence-electron chi connectivity index (χ0n) is 14.0. The second-order valence-corrected chi connectivity index (χ2v) is 6.75. The first-order chi connectivity index (χ1) is 11.1. The van der Waals surface area contributed by atoms with Gasteiger partial charge >= 0.3 is 0 Å². The molecular weight excluding hydrogens is 326 g/mol. The van der Waals surface area contributed by atoms with Crippen LogP contribution in [0.15, 0.2) is 30.3 Å². The van der Waals surface area contributed by atoms with Crippen LogP contribution in [0, 0.1) is 11.8 Å². The van der Waals surface area contributed by atoms with Gasteiger partial charge in [-0.25, -0.2) is 0 Å². The van der Waals surface area contributed by atoms with Crippen LogP contribution in [0.5, 0.6) is 0 Å². The maximum absolute atomic E-state index is 12.5. The molecule has 0 radical (unpaired) electrons. The summed E-state index contributed by atoms with van der Waals surface area (Å²) in [7, 11) is 0. The normalized spacial score (nSPS) is 26.8. The van der Waals surface area contributed by atoms with Gasteiger partial charge in [-0.2, -0.15) is 0 Å². The van der Waals surface area contributed by atoms with Crippen LogP contribution < -0.4 is 10.6 Å². The molecule has 2 saturated heterocycles. The summed E-state index contributed by atoms with van der Waals surface area (Å²) in [6.07, 6.45) is 1.29. The van der Waals surface area contributed by atoms with Gasteiger partial charge in [0.1, 0.15) is 0 Å². The molecule has 0 bridgehead atoms. The van der Waals surface area contributed by atoms with E-state index < -0.39 is 0 Å². The third-order valence-electron chi connectivity index (χ3n) is 4.91. The van der Waals surface area contributed by atoms with E-state index in [1.165, 1.54) is 0 Å². The lowest BCUT2D eigenvalue weighted by Gasteiger charge is -2.31. The molecule has 132 valence electrons. The second kappa shape index (κ2) is 8.49. The van der Waals surface area contributed by atoms with E-state index in [2.05, 4.69) is 17.6 Å². The molecule has 0 saturated carbocycles. The summed E-state index contributed by atoms with van der Waals surface area (Å²) in [5.74, 6) is 0.332. The zero-order valence-corrected chi connectivity index (χ0v) is 14.8. The van der Waals surface area contributed by atoms with Crippen molar-refractivity contribution in [3.8, 4) is 0 Å². The average molecular weight is 352 g/mol. The topological polar surface area (TPSA) is 61.4 Å². The van der Waals surface area contributed by atoms with Crippen molar-refractivity contribution in [2.24, 2.45) is 11.8 Å². The van der Waals surface area contributed by atoms with Crippen LogP contribution in [0.4, 0.5) is 0 Å². The Balaban J connectivity index is 0.00000208. The number of benzene rings is 1. The molecule has 3 unspecified atom stereocenters. The monoisotopic (exact) mass is 351 g/mol. The molecule has 2 aliphatic heterocycles. The summed E-state index contributed by atoms with van der Waals surface area (Å²) in [6, 6.07) is 10.2. The smallest absolute Gasteiger partial charge is 0.225 e. The molecule has 3 atom stereocenters. The van der Waals surface area contributed by atoms with Crippen molar-refractivity contribution < 1.29 is 9.59 Å². The van der Waals surface area contributed by atoms with E-state index in [-0.39, 0.29) is 36.2 Å². The molecule has 2 heterocycles. The first-order valence-corrected chi connectivity index (χ1v) is 8.46. The highest BCUT2D eigenvalue weighted by molar-refractivity contribution is 5.89. The number of piperidine rings is 1. The van der Waals surface area contributed by atoms with Crippen LogP contribution in [-0.4, -0.2) is 42.4 Å². The van der Waals surface area contributed by atoms with Crippen LogP contribution in [0.2, 0.25) is 0 Å². The minimum atomic E-state index is -0.215. The summed E-state index contributed by atoms with van der Waals surface area (Å²) in [6.45, 7) is 5.15. The van der Waals surface area contributed by atoms with Gasteiger partial charge in [0.25, 0.3) is 0 Å². The van der Waals surface area contributed by atoms with E-state index in [1.54, 1.807) is 4.90 Å². The van der Waals surface area contributed by atoms with E-state index in [0.29, 0.717) is 25.4 Å². The summed E-state index contributed by atoms with van der Waals surface area (Å²) < 4.78 is 0. The number of nitrogens with zero attached hydrogens (tertiary/aromatic N) is 1. The van der Waals surface area contributed by atoms with Crippen molar-refractivity contribution in [1.82, 2.24) is 15.5 Å². The summed E-state index contributed by atoms with van der Waals surface area (Å²) in [4.78, 5) is 26.5. The van der Waals surface area contributed by atoms with Gasteiger partial charge in [-0.3, -0.25) is 9.59 Å². The number of likely N-dealkylation sites (tertiary alicyclic amines) is 1. The molecule has 2 amide bonds. The Bertz CT molecular complexity index is 567. The van der Waals surface area contributed by atoms with Gasteiger partial charge in [-0.05, 0) is 31.0 Å². The highest BCUT2D eigenvalue weighted by Crippen LogP contribution is 2.21. The lowest BCUT2D eigenvalue weighted by Crippen LogP contribution is -2.50. The van der Waals surface area contributed by atoms with Crippen molar-refractivity contribution in [3.63, 3.8) is 0 Å². The molecule has 2 aliphatic rings. The van der Waals surface area contributed by atoms with Crippen LogP contribution >= 0.6 is 12.4 Å². The average Bonchev–Trinajstić information content (AvgIpc) is 2.92. The Morgan fingerprint density at radius 3 is 2.79 bits per heavy atom. The van der Waals surface area contributed by atoms with Crippen LogP contribution in [0.3, 0.4) is 0 Å². The molecule has 0 aliphatic carbocycles. The molecule has 3 rings (SSSR count).